The van der Waals surface area contributed by atoms with Crippen molar-refractivity contribution in [3.8, 4) is 84.9 Å². The highest BCUT2D eigenvalue weighted by Gasteiger charge is 2.23. The minimum absolute atomic E-state index is 0.571. The minimum Gasteiger partial charge on any atom is -0.292 e. The van der Waals surface area contributed by atoms with E-state index in [1.165, 1.54) is 5.39 Å². The maximum atomic E-state index is 5.72. The molecule has 0 spiro atoms. The van der Waals surface area contributed by atoms with Crippen LogP contribution in [0, 0.1) is 0 Å². The number of aromatic nitrogens is 8. The van der Waals surface area contributed by atoms with E-state index in [9.17, 15) is 0 Å². The summed E-state index contributed by atoms with van der Waals surface area (Å²) >= 11 is 0. The van der Waals surface area contributed by atoms with E-state index < -0.39 is 0 Å². The number of benzene rings is 9. The molecule has 14 aromatic rings. The molecule has 0 aliphatic rings. The Labute approximate surface area is 419 Å². The Hall–Kier alpha value is -10.1. The number of nitrogens with zero attached hydrogens (tertiary/aromatic N) is 8. The quantitative estimate of drug-likeness (QED) is 0.140. The fourth-order valence-electron chi connectivity index (χ4n) is 10.3. The molecule has 0 radical (unpaired) electrons. The number of hydrogen-bond acceptors (Lipinski definition) is 7. The highest BCUT2D eigenvalue weighted by Crippen LogP contribution is 2.42. The monoisotopic (exact) mass is 932 g/mol. The summed E-state index contributed by atoms with van der Waals surface area (Å²) < 4.78 is 2.32. The molecule has 9 aromatic carbocycles. The molecule has 0 fully saturated rings. The third kappa shape index (κ3) is 7.36. The number of para-hydroxylation sites is 3. The van der Waals surface area contributed by atoms with Gasteiger partial charge in [0, 0.05) is 78.6 Å². The summed E-state index contributed by atoms with van der Waals surface area (Å²) in [7, 11) is 0. The van der Waals surface area contributed by atoms with Crippen LogP contribution in [0.3, 0.4) is 0 Å². The van der Waals surface area contributed by atoms with Gasteiger partial charge in [-0.25, -0.2) is 24.9 Å². The molecule has 0 unspecified atom stereocenters. The van der Waals surface area contributed by atoms with Gasteiger partial charge in [-0.3, -0.25) is 14.5 Å². The van der Waals surface area contributed by atoms with Gasteiger partial charge in [0.2, 0.25) is 0 Å². The summed E-state index contributed by atoms with van der Waals surface area (Å²) in [6.07, 6.45) is 3.64. The van der Waals surface area contributed by atoms with E-state index >= 15 is 0 Å². The number of rotatable bonds is 8. The molecule has 8 nitrogen and oxygen atoms in total. The molecule has 0 saturated heterocycles. The lowest BCUT2D eigenvalue weighted by Gasteiger charge is -2.16. The molecular weight excluding hydrogens is 893 g/mol. The van der Waals surface area contributed by atoms with E-state index in [2.05, 4.69) is 174 Å². The molecule has 73 heavy (non-hydrogen) atoms. The summed E-state index contributed by atoms with van der Waals surface area (Å²) in [6.45, 7) is 0. The van der Waals surface area contributed by atoms with Crippen molar-refractivity contribution in [2.75, 3.05) is 0 Å². The largest absolute Gasteiger partial charge is 0.292 e. The normalized spacial score (nSPS) is 11.6. The predicted molar refractivity (Wildman–Crippen MR) is 296 cm³/mol. The van der Waals surface area contributed by atoms with Gasteiger partial charge in [0.15, 0.2) is 11.6 Å². The van der Waals surface area contributed by atoms with Gasteiger partial charge in [0.1, 0.15) is 5.82 Å². The maximum Gasteiger partial charge on any atom is 0.162 e. The van der Waals surface area contributed by atoms with Crippen LogP contribution in [-0.4, -0.2) is 39.5 Å². The first-order valence-electron chi connectivity index (χ1n) is 24.3. The van der Waals surface area contributed by atoms with Crippen molar-refractivity contribution in [2.24, 2.45) is 0 Å². The topological polar surface area (TPSA) is 95.2 Å². The third-order valence-corrected chi connectivity index (χ3v) is 13.7. The van der Waals surface area contributed by atoms with Crippen molar-refractivity contribution < 1.29 is 0 Å². The van der Waals surface area contributed by atoms with Crippen molar-refractivity contribution in [3.63, 3.8) is 0 Å². The number of imidazole rings is 1. The van der Waals surface area contributed by atoms with Crippen LogP contribution in [0.2, 0.25) is 0 Å². The second-order valence-corrected chi connectivity index (χ2v) is 18.1. The molecule has 8 heteroatoms. The number of fused-ring (bicyclic) bond motifs is 8. The summed E-state index contributed by atoms with van der Waals surface area (Å²) in [4.78, 5) is 36.9. The molecule has 0 amide bonds. The van der Waals surface area contributed by atoms with Crippen LogP contribution in [0.15, 0.2) is 243 Å². The smallest absolute Gasteiger partial charge is 0.162 e. The summed E-state index contributed by atoms with van der Waals surface area (Å²) in [6, 6.07) is 79.5. The Morgan fingerprint density at radius 3 is 1.25 bits per heavy atom. The highest BCUT2D eigenvalue weighted by molar-refractivity contribution is 6.24. The van der Waals surface area contributed by atoms with Gasteiger partial charge in [-0.05, 0) is 77.5 Å². The zero-order valence-corrected chi connectivity index (χ0v) is 39.2. The lowest BCUT2D eigenvalue weighted by Crippen LogP contribution is -2.01. The molecule has 340 valence electrons. The maximum absolute atomic E-state index is 5.72. The van der Waals surface area contributed by atoms with Crippen molar-refractivity contribution in [3.05, 3.63) is 243 Å². The van der Waals surface area contributed by atoms with E-state index in [-0.39, 0.29) is 0 Å². The Morgan fingerprint density at radius 2 is 0.712 bits per heavy atom. The van der Waals surface area contributed by atoms with Crippen molar-refractivity contribution >= 4 is 54.4 Å². The van der Waals surface area contributed by atoms with Crippen LogP contribution in [0.4, 0.5) is 0 Å². The predicted octanol–water partition coefficient (Wildman–Crippen LogP) is 15.7. The fraction of sp³-hybridized carbons (Fsp3) is 0. The molecule has 5 aromatic heterocycles. The van der Waals surface area contributed by atoms with Crippen LogP contribution in [0.1, 0.15) is 0 Å². The zero-order valence-electron chi connectivity index (χ0n) is 39.2. The first kappa shape index (κ1) is 41.9. The van der Waals surface area contributed by atoms with Crippen LogP contribution in [0.5, 0.6) is 0 Å². The molecule has 0 bridgehead atoms. The van der Waals surface area contributed by atoms with E-state index in [1.807, 2.05) is 73.1 Å². The summed E-state index contributed by atoms with van der Waals surface area (Å²) in [5, 5.41) is 6.53. The first-order valence-corrected chi connectivity index (χ1v) is 24.3. The minimum atomic E-state index is 0.571. The molecule has 5 heterocycles. The molecular formula is C65H40N8. The van der Waals surface area contributed by atoms with E-state index in [1.54, 1.807) is 0 Å². The number of hydrogen-bond donors (Lipinski definition) is 0. The number of pyridine rings is 2. The van der Waals surface area contributed by atoms with Crippen LogP contribution >= 0.6 is 0 Å². The summed E-state index contributed by atoms with van der Waals surface area (Å²) in [5.74, 6) is 1.92. The Morgan fingerprint density at radius 1 is 0.288 bits per heavy atom. The average molecular weight is 933 g/mol. The Kier molecular flexibility index (Phi) is 9.99. The molecule has 0 saturated carbocycles. The van der Waals surface area contributed by atoms with Gasteiger partial charge < -0.3 is 0 Å². The SMILES string of the molecule is c1ccc(-c2cc(-c3cc(-c4cc(-c5ccccc5)nc(-c5cccc6cccnc56)n4)cc(-c4nc5c6ccccc6c6ccccc6c5n4-c4ccccc4)c3)nc(-c3cccc4cccnc34)n2)cc1. The molecule has 14 rings (SSSR count). The van der Waals surface area contributed by atoms with Gasteiger partial charge in [-0.15, -0.1) is 0 Å². The van der Waals surface area contributed by atoms with Crippen LogP contribution in [0.25, 0.3) is 139 Å². The van der Waals surface area contributed by atoms with Crippen molar-refractivity contribution in [1.82, 2.24) is 39.5 Å². The summed E-state index contributed by atoms with van der Waals surface area (Å²) in [5.41, 5.74) is 13.8. The van der Waals surface area contributed by atoms with Gasteiger partial charge in [0.25, 0.3) is 0 Å². The molecule has 0 N–H and O–H groups in total. The van der Waals surface area contributed by atoms with Crippen molar-refractivity contribution in [1.29, 1.82) is 0 Å². The highest BCUT2D eigenvalue weighted by atomic mass is 15.1. The second-order valence-electron chi connectivity index (χ2n) is 18.1. The Bertz CT molecular complexity index is 4240. The van der Waals surface area contributed by atoms with Gasteiger partial charge in [0.05, 0.1) is 44.8 Å². The Balaban J connectivity index is 1.09. The van der Waals surface area contributed by atoms with E-state index in [4.69, 9.17) is 34.9 Å². The van der Waals surface area contributed by atoms with Crippen LogP contribution in [-0.2, 0) is 0 Å². The van der Waals surface area contributed by atoms with Gasteiger partial charge >= 0.3 is 0 Å². The second kappa shape index (κ2) is 17.4. The lowest BCUT2D eigenvalue weighted by atomic mass is 9.98. The zero-order chi connectivity index (χ0) is 48.2. The van der Waals surface area contributed by atoms with Gasteiger partial charge in [-0.2, -0.15) is 0 Å². The standard InChI is InChI=1S/C65H40N8/c1-4-18-41(19-5-1)55-39-57(70-63(68-55)53-32-14-22-43-24-16-34-66-59(43)53)45-36-46(58-40-56(42-20-6-2-7-21-42)69-64(71-58)54-33-15-23-44-25-17-35-67-60(44)54)38-47(37-45)65-72-61-51-30-12-10-28-49(51)50-29-11-13-31-52(50)62(61)73(65)48-26-8-3-9-27-48/h1-40H. The first-order chi connectivity index (χ1) is 36.2. The van der Waals surface area contributed by atoms with E-state index in [0.29, 0.717) is 11.6 Å². The molecule has 0 atom stereocenters. The molecule has 0 aliphatic heterocycles. The third-order valence-electron chi connectivity index (χ3n) is 13.7. The van der Waals surface area contributed by atoms with E-state index in [0.717, 1.165) is 122 Å². The average Bonchev–Trinajstić information content (AvgIpc) is 3.89. The fourth-order valence-corrected chi connectivity index (χ4v) is 10.3. The van der Waals surface area contributed by atoms with Crippen LogP contribution < -0.4 is 0 Å². The van der Waals surface area contributed by atoms with Crippen molar-refractivity contribution in [2.45, 2.75) is 0 Å². The molecule has 0 aliphatic carbocycles. The van der Waals surface area contributed by atoms with Gasteiger partial charge in [-0.1, -0.05) is 164 Å². The lowest BCUT2D eigenvalue weighted by molar-refractivity contribution is 1.11.